The quantitative estimate of drug-likeness (QED) is 0.642. The number of carbonyl (C=O) groups excluding carboxylic acids is 1. The van der Waals surface area contributed by atoms with Crippen LogP contribution in [0.25, 0.3) is 10.9 Å². The lowest BCUT2D eigenvalue weighted by atomic mass is 10.1. The van der Waals surface area contributed by atoms with E-state index in [9.17, 15) is 18.0 Å². The van der Waals surface area contributed by atoms with Crippen LogP contribution in [-0.2, 0) is 4.79 Å². The van der Waals surface area contributed by atoms with E-state index in [0.29, 0.717) is 5.69 Å². The third-order valence-electron chi connectivity index (χ3n) is 5.15. The van der Waals surface area contributed by atoms with Crippen LogP contribution in [0.3, 0.4) is 0 Å². The van der Waals surface area contributed by atoms with E-state index < -0.39 is 12.8 Å². The Bertz CT molecular complexity index is 1050. The highest BCUT2D eigenvalue weighted by Crippen LogP contribution is 2.48. The van der Waals surface area contributed by atoms with E-state index in [2.05, 4.69) is 20.0 Å². The number of ether oxygens (including phenoxy) is 1. The third kappa shape index (κ3) is 4.69. The van der Waals surface area contributed by atoms with Gasteiger partial charge in [-0.1, -0.05) is 18.2 Å². The van der Waals surface area contributed by atoms with Crippen LogP contribution in [0.15, 0.2) is 54.9 Å². The Morgan fingerprint density at radius 3 is 2.80 bits per heavy atom. The molecule has 156 valence electrons. The third-order valence-corrected chi connectivity index (χ3v) is 5.15. The van der Waals surface area contributed by atoms with Gasteiger partial charge in [0.15, 0.2) is 6.61 Å². The molecule has 5 nitrogen and oxygen atoms in total. The molecule has 30 heavy (non-hydrogen) atoms. The highest BCUT2D eigenvalue weighted by atomic mass is 19.4. The maximum atomic E-state index is 12.6. The van der Waals surface area contributed by atoms with Crippen molar-refractivity contribution in [2.45, 2.75) is 31.5 Å². The SMILES string of the molecule is CC(NC(=O)[C@@H]1C[C@H]1c1ccc2cccnc2c1)c1ccc(OCC(F)(F)F)cn1. The molecular formula is C22H20F3N3O2. The minimum absolute atomic E-state index is 0.0294. The van der Waals surface area contributed by atoms with Gasteiger partial charge in [0, 0.05) is 17.5 Å². The zero-order valence-electron chi connectivity index (χ0n) is 16.2. The molecule has 2 aromatic heterocycles. The fourth-order valence-corrected chi connectivity index (χ4v) is 3.46. The molecule has 2 heterocycles. The molecule has 1 aliphatic carbocycles. The summed E-state index contributed by atoms with van der Waals surface area (Å²) in [6.45, 7) is 0.418. The second-order valence-corrected chi connectivity index (χ2v) is 7.46. The van der Waals surface area contributed by atoms with Crippen molar-refractivity contribution in [3.05, 3.63) is 66.1 Å². The van der Waals surface area contributed by atoms with E-state index in [1.54, 1.807) is 19.2 Å². The van der Waals surface area contributed by atoms with Gasteiger partial charge in [0.05, 0.1) is 23.4 Å². The first-order valence-electron chi connectivity index (χ1n) is 9.61. The lowest BCUT2D eigenvalue weighted by molar-refractivity contribution is -0.153. The number of alkyl halides is 3. The standard InChI is InChI=1S/C22H20F3N3O2/c1-13(19-7-6-16(11-27-19)30-12-22(23,24)25)28-21(29)18-10-17(18)15-5-4-14-3-2-8-26-20(14)9-15/h2-9,11,13,17-18H,10,12H2,1H3,(H,28,29)/t13?,17-,18+/m0/s1. The van der Waals surface area contributed by atoms with E-state index in [0.717, 1.165) is 22.9 Å². The van der Waals surface area contributed by atoms with E-state index in [1.165, 1.54) is 12.3 Å². The van der Waals surface area contributed by atoms with Gasteiger partial charge >= 0.3 is 6.18 Å². The number of nitrogens with zero attached hydrogens (tertiary/aromatic N) is 2. The molecular weight excluding hydrogens is 395 g/mol. The Balaban J connectivity index is 1.33. The summed E-state index contributed by atoms with van der Waals surface area (Å²) in [7, 11) is 0. The number of pyridine rings is 2. The topological polar surface area (TPSA) is 64.1 Å². The summed E-state index contributed by atoms with van der Waals surface area (Å²) >= 11 is 0. The summed E-state index contributed by atoms with van der Waals surface area (Å²) in [5.74, 6) is 0.0207. The molecule has 1 fully saturated rings. The van der Waals surface area contributed by atoms with Gasteiger partial charge < -0.3 is 10.1 Å². The number of benzene rings is 1. The maximum absolute atomic E-state index is 12.6. The van der Waals surface area contributed by atoms with Crippen LogP contribution >= 0.6 is 0 Å². The number of carbonyl (C=O) groups is 1. The zero-order valence-corrected chi connectivity index (χ0v) is 16.2. The molecule has 1 saturated carbocycles. The molecule has 1 unspecified atom stereocenters. The first kappa shape index (κ1) is 20.1. The Morgan fingerprint density at radius 2 is 2.07 bits per heavy atom. The number of hydrogen-bond donors (Lipinski definition) is 1. The Kier molecular flexibility index (Phi) is 5.32. The molecule has 0 radical (unpaired) electrons. The molecule has 0 bridgehead atoms. The van der Waals surface area contributed by atoms with E-state index in [1.807, 2.05) is 30.3 Å². The van der Waals surface area contributed by atoms with Gasteiger partial charge in [0.2, 0.25) is 5.91 Å². The number of hydrogen-bond acceptors (Lipinski definition) is 4. The average Bonchev–Trinajstić information content (AvgIpc) is 3.53. The summed E-state index contributed by atoms with van der Waals surface area (Å²) in [6.07, 6.45) is -0.653. The van der Waals surface area contributed by atoms with Crippen LogP contribution in [0.2, 0.25) is 0 Å². The van der Waals surface area contributed by atoms with Gasteiger partial charge in [-0.3, -0.25) is 14.8 Å². The molecule has 3 atom stereocenters. The van der Waals surface area contributed by atoms with Crippen molar-refractivity contribution in [2.75, 3.05) is 6.61 Å². The largest absolute Gasteiger partial charge is 0.483 e. The predicted molar refractivity (Wildman–Crippen MR) is 105 cm³/mol. The van der Waals surface area contributed by atoms with Crippen LogP contribution in [0.5, 0.6) is 5.75 Å². The van der Waals surface area contributed by atoms with Gasteiger partial charge in [0.25, 0.3) is 0 Å². The second kappa shape index (κ2) is 7.93. The van der Waals surface area contributed by atoms with Crippen LogP contribution in [0.1, 0.15) is 36.6 Å². The molecule has 1 amide bonds. The normalized spacial score (nSPS) is 19.3. The van der Waals surface area contributed by atoms with Gasteiger partial charge in [-0.15, -0.1) is 0 Å². The average molecular weight is 415 g/mol. The molecule has 1 aromatic carbocycles. The summed E-state index contributed by atoms with van der Waals surface area (Å²) < 4.78 is 41.3. The summed E-state index contributed by atoms with van der Waals surface area (Å²) in [5.41, 5.74) is 2.56. The summed E-state index contributed by atoms with van der Waals surface area (Å²) in [5, 5.41) is 3.99. The summed E-state index contributed by atoms with van der Waals surface area (Å²) in [4.78, 5) is 21.1. The van der Waals surface area contributed by atoms with E-state index in [-0.39, 0.29) is 29.5 Å². The van der Waals surface area contributed by atoms with E-state index >= 15 is 0 Å². The molecule has 3 aromatic rings. The van der Waals surface area contributed by atoms with Crippen molar-refractivity contribution in [1.82, 2.24) is 15.3 Å². The van der Waals surface area contributed by atoms with Crippen molar-refractivity contribution >= 4 is 16.8 Å². The smallest absolute Gasteiger partial charge is 0.422 e. The molecule has 0 saturated heterocycles. The van der Waals surface area contributed by atoms with Crippen molar-refractivity contribution in [3.8, 4) is 5.75 Å². The first-order valence-corrected chi connectivity index (χ1v) is 9.61. The Labute approximate surface area is 171 Å². The molecule has 1 N–H and O–H groups in total. The Hall–Kier alpha value is -3.16. The molecule has 0 spiro atoms. The van der Waals surface area contributed by atoms with Crippen LogP contribution in [0, 0.1) is 5.92 Å². The molecule has 8 heteroatoms. The number of amides is 1. The first-order chi connectivity index (χ1) is 14.3. The van der Waals surface area contributed by atoms with Crippen LogP contribution in [0.4, 0.5) is 13.2 Å². The molecule has 4 rings (SSSR count). The zero-order chi connectivity index (χ0) is 21.3. The lowest BCUT2D eigenvalue weighted by Gasteiger charge is -2.14. The monoisotopic (exact) mass is 415 g/mol. The van der Waals surface area contributed by atoms with Gasteiger partial charge in [-0.05, 0) is 49.1 Å². The highest BCUT2D eigenvalue weighted by molar-refractivity contribution is 5.84. The second-order valence-electron chi connectivity index (χ2n) is 7.46. The lowest BCUT2D eigenvalue weighted by Crippen LogP contribution is -2.29. The minimum Gasteiger partial charge on any atom is -0.483 e. The fourth-order valence-electron chi connectivity index (χ4n) is 3.46. The number of rotatable bonds is 6. The highest BCUT2D eigenvalue weighted by Gasteiger charge is 2.44. The van der Waals surface area contributed by atoms with E-state index in [4.69, 9.17) is 0 Å². The summed E-state index contributed by atoms with van der Waals surface area (Å²) in [6, 6.07) is 12.6. The van der Waals surface area contributed by atoms with Crippen LogP contribution in [-0.4, -0.2) is 28.7 Å². The minimum atomic E-state index is -4.40. The molecule has 0 aliphatic heterocycles. The van der Waals surface area contributed by atoms with Crippen molar-refractivity contribution in [3.63, 3.8) is 0 Å². The Morgan fingerprint density at radius 1 is 1.23 bits per heavy atom. The molecule has 1 aliphatic rings. The van der Waals surface area contributed by atoms with Gasteiger partial charge in [-0.2, -0.15) is 13.2 Å². The van der Waals surface area contributed by atoms with Crippen molar-refractivity contribution in [1.29, 1.82) is 0 Å². The maximum Gasteiger partial charge on any atom is 0.422 e. The number of nitrogens with one attached hydrogen (secondary N) is 1. The predicted octanol–water partition coefficient (Wildman–Crippen LogP) is 4.55. The number of aromatic nitrogens is 2. The van der Waals surface area contributed by atoms with Crippen LogP contribution < -0.4 is 10.1 Å². The number of halogens is 3. The van der Waals surface area contributed by atoms with Gasteiger partial charge in [-0.25, -0.2) is 0 Å². The van der Waals surface area contributed by atoms with Gasteiger partial charge in [0.1, 0.15) is 5.75 Å². The number of fused-ring (bicyclic) bond motifs is 1. The van der Waals surface area contributed by atoms with Crippen molar-refractivity contribution in [2.24, 2.45) is 5.92 Å². The van der Waals surface area contributed by atoms with Crippen molar-refractivity contribution < 1.29 is 22.7 Å². The fraction of sp³-hybridized carbons (Fsp3) is 0.318.